The molecule has 2 aliphatic rings. The molecule has 0 bridgehead atoms. The lowest BCUT2D eigenvalue weighted by atomic mass is 9.92. The number of hydrogen-bond acceptors (Lipinski definition) is 3. The van der Waals surface area contributed by atoms with E-state index in [0.29, 0.717) is 18.5 Å². The fraction of sp³-hybridized carbons (Fsp3) is 0.467. The predicted molar refractivity (Wildman–Crippen MR) is 72.0 cm³/mol. The standard InChI is InChI=1S/C15H18N2O/c18-14(11-6-2-1-3-7-11)10-15-16-12-8-4-5-9-13(12)17-15/h1-3,6-7,12-13H,4-5,8-10H2,(H,16,17)/t12-,13-/m0/s1. The van der Waals surface area contributed by atoms with E-state index in [1.54, 1.807) is 0 Å². The number of nitrogens with zero attached hydrogens (tertiary/aromatic N) is 1. The summed E-state index contributed by atoms with van der Waals surface area (Å²) in [4.78, 5) is 16.7. The van der Waals surface area contributed by atoms with E-state index >= 15 is 0 Å². The molecule has 0 unspecified atom stereocenters. The molecule has 1 aromatic rings. The van der Waals surface area contributed by atoms with Gasteiger partial charge in [-0.1, -0.05) is 43.2 Å². The van der Waals surface area contributed by atoms with Crippen molar-refractivity contribution in [1.29, 1.82) is 0 Å². The van der Waals surface area contributed by atoms with Crippen LogP contribution in [0.1, 0.15) is 42.5 Å². The first-order valence-corrected chi connectivity index (χ1v) is 6.74. The molecule has 1 saturated carbocycles. The van der Waals surface area contributed by atoms with Crippen LogP contribution in [0.25, 0.3) is 0 Å². The summed E-state index contributed by atoms with van der Waals surface area (Å²) in [6.07, 6.45) is 5.32. The average molecular weight is 242 g/mol. The molecule has 3 nitrogen and oxygen atoms in total. The molecule has 3 rings (SSSR count). The zero-order valence-corrected chi connectivity index (χ0v) is 10.4. The fourth-order valence-corrected chi connectivity index (χ4v) is 2.86. The van der Waals surface area contributed by atoms with E-state index in [-0.39, 0.29) is 5.78 Å². The Bertz CT molecular complexity index is 467. The van der Waals surface area contributed by atoms with Crippen molar-refractivity contribution in [1.82, 2.24) is 5.32 Å². The Morgan fingerprint density at radius 3 is 2.78 bits per heavy atom. The summed E-state index contributed by atoms with van der Waals surface area (Å²) in [6.45, 7) is 0. The number of nitrogens with one attached hydrogen (secondary N) is 1. The van der Waals surface area contributed by atoms with Gasteiger partial charge in [-0.15, -0.1) is 0 Å². The van der Waals surface area contributed by atoms with Gasteiger partial charge >= 0.3 is 0 Å². The van der Waals surface area contributed by atoms with E-state index < -0.39 is 0 Å². The van der Waals surface area contributed by atoms with Crippen LogP contribution < -0.4 is 5.32 Å². The normalized spacial score (nSPS) is 26.1. The van der Waals surface area contributed by atoms with Gasteiger partial charge in [-0.05, 0) is 12.8 Å². The van der Waals surface area contributed by atoms with Crippen molar-refractivity contribution in [2.45, 2.75) is 44.2 Å². The molecule has 1 fully saturated rings. The lowest BCUT2D eigenvalue weighted by Gasteiger charge is -2.23. The number of hydrogen-bond donors (Lipinski definition) is 1. The van der Waals surface area contributed by atoms with Crippen molar-refractivity contribution in [3.8, 4) is 0 Å². The smallest absolute Gasteiger partial charge is 0.170 e. The van der Waals surface area contributed by atoms with Gasteiger partial charge in [0.15, 0.2) is 5.78 Å². The Morgan fingerprint density at radius 2 is 2.00 bits per heavy atom. The first-order chi connectivity index (χ1) is 8.83. The molecule has 0 aromatic heterocycles. The number of benzene rings is 1. The molecule has 0 amide bonds. The largest absolute Gasteiger partial charge is 0.369 e. The number of carbonyl (C=O) groups is 1. The highest BCUT2D eigenvalue weighted by Crippen LogP contribution is 2.25. The summed E-state index contributed by atoms with van der Waals surface area (Å²) >= 11 is 0. The quantitative estimate of drug-likeness (QED) is 0.828. The zero-order valence-electron chi connectivity index (χ0n) is 10.4. The molecule has 18 heavy (non-hydrogen) atoms. The summed E-state index contributed by atoms with van der Waals surface area (Å²) < 4.78 is 0. The SMILES string of the molecule is O=C(CC1=N[C@H]2CCCC[C@@H]2N1)c1ccccc1. The minimum Gasteiger partial charge on any atom is -0.369 e. The van der Waals surface area contributed by atoms with Crippen LogP contribution in [0, 0.1) is 0 Å². The number of fused-ring (bicyclic) bond motifs is 1. The molecule has 1 aliphatic heterocycles. The van der Waals surface area contributed by atoms with Crippen LogP contribution in [0.5, 0.6) is 0 Å². The molecular formula is C15H18N2O. The van der Waals surface area contributed by atoms with E-state index in [0.717, 1.165) is 11.4 Å². The second-order valence-electron chi connectivity index (χ2n) is 5.14. The molecule has 1 aliphatic carbocycles. The van der Waals surface area contributed by atoms with Gasteiger partial charge < -0.3 is 5.32 Å². The second kappa shape index (κ2) is 4.92. The molecule has 2 atom stereocenters. The third-order valence-electron chi connectivity index (χ3n) is 3.83. The van der Waals surface area contributed by atoms with Crippen molar-refractivity contribution in [2.75, 3.05) is 0 Å². The Morgan fingerprint density at radius 1 is 1.22 bits per heavy atom. The second-order valence-corrected chi connectivity index (χ2v) is 5.14. The maximum atomic E-state index is 12.1. The van der Waals surface area contributed by atoms with Crippen molar-refractivity contribution in [3.63, 3.8) is 0 Å². The van der Waals surface area contributed by atoms with Crippen molar-refractivity contribution in [3.05, 3.63) is 35.9 Å². The minimum absolute atomic E-state index is 0.153. The number of ketones is 1. The minimum atomic E-state index is 0.153. The Kier molecular flexibility index (Phi) is 3.13. The highest BCUT2D eigenvalue weighted by Gasteiger charge is 2.31. The van der Waals surface area contributed by atoms with Crippen LogP contribution in [-0.2, 0) is 0 Å². The molecule has 0 spiro atoms. The van der Waals surface area contributed by atoms with Crippen LogP contribution in [0.15, 0.2) is 35.3 Å². The monoisotopic (exact) mass is 242 g/mol. The highest BCUT2D eigenvalue weighted by molar-refractivity contribution is 6.09. The highest BCUT2D eigenvalue weighted by atomic mass is 16.1. The van der Waals surface area contributed by atoms with Crippen LogP contribution in [0.4, 0.5) is 0 Å². The molecule has 1 N–H and O–H groups in total. The van der Waals surface area contributed by atoms with Gasteiger partial charge in [0, 0.05) is 11.6 Å². The third-order valence-corrected chi connectivity index (χ3v) is 3.83. The average Bonchev–Trinajstić information content (AvgIpc) is 2.82. The van der Waals surface area contributed by atoms with E-state index in [9.17, 15) is 4.79 Å². The third kappa shape index (κ3) is 2.30. The molecule has 1 aromatic carbocycles. The molecule has 0 saturated heterocycles. The number of Topliss-reactive ketones (excluding diaryl/α,β-unsaturated/α-hetero) is 1. The fourth-order valence-electron chi connectivity index (χ4n) is 2.86. The Hall–Kier alpha value is -1.64. The molecule has 1 heterocycles. The van der Waals surface area contributed by atoms with Crippen LogP contribution in [0.2, 0.25) is 0 Å². The summed E-state index contributed by atoms with van der Waals surface area (Å²) in [5, 5.41) is 3.42. The Labute approximate surface area is 107 Å². The van der Waals surface area contributed by atoms with Gasteiger partial charge in [-0.3, -0.25) is 9.79 Å². The van der Waals surface area contributed by atoms with Gasteiger partial charge in [-0.2, -0.15) is 0 Å². The summed E-state index contributed by atoms with van der Waals surface area (Å²) in [5.41, 5.74) is 0.775. The van der Waals surface area contributed by atoms with Crippen molar-refractivity contribution in [2.24, 2.45) is 4.99 Å². The van der Waals surface area contributed by atoms with E-state index in [4.69, 9.17) is 0 Å². The number of aliphatic imine (C=N–C) groups is 1. The van der Waals surface area contributed by atoms with Crippen LogP contribution in [0.3, 0.4) is 0 Å². The van der Waals surface area contributed by atoms with E-state index in [2.05, 4.69) is 10.3 Å². The van der Waals surface area contributed by atoms with E-state index in [1.807, 2.05) is 30.3 Å². The van der Waals surface area contributed by atoms with Gasteiger partial charge in [0.1, 0.15) is 5.84 Å². The van der Waals surface area contributed by atoms with Gasteiger partial charge in [0.25, 0.3) is 0 Å². The zero-order chi connectivity index (χ0) is 12.4. The van der Waals surface area contributed by atoms with E-state index in [1.165, 1.54) is 25.7 Å². The van der Waals surface area contributed by atoms with Crippen molar-refractivity contribution < 1.29 is 4.79 Å². The van der Waals surface area contributed by atoms with Gasteiger partial charge in [0.05, 0.1) is 12.5 Å². The van der Waals surface area contributed by atoms with Gasteiger partial charge in [0.2, 0.25) is 0 Å². The number of carbonyl (C=O) groups excluding carboxylic acids is 1. The van der Waals surface area contributed by atoms with Crippen LogP contribution in [-0.4, -0.2) is 23.7 Å². The summed E-state index contributed by atoms with van der Waals surface area (Å²) in [7, 11) is 0. The topological polar surface area (TPSA) is 41.5 Å². The molecular weight excluding hydrogens is 224 g/mol. The number of rotatable bonds is 3. The van der Waals surface area contributed by atoms with Crippen molar-refractivity contribution >= 4 is 11.6 Å². The first-order valence-electron chi connectivity index (χ1n) is 6.74. The molecule has 0 radical (unpaired) electrons. The maximum absolute atomic E-state index is 12.1. The van der Waals surface area contributed by atoms with Crippen LogP contribution >= 0.6 is 0 Å². The molecule has 94 valence electrons. The molecule has 3 heteroatoms. The maximum Gasteiger partial charge on any atom is 0.170 e. The first kappa shape index (κ1) is 11.5. The van der Waals surface area contributed by atoms with Gasteiger partial charge in [-0.25, -0.2) is 0 Å². The lowest BCUT2D eigenvalue weighted by Crippen LogP contribution is -2.37. The summed E-state index contributed by atoms with van der Waals surface area (Å²) in [5.74, 6) is 1.04. The number of amidine groups is 1. The summed E-state index contributed by atoms with van der Waals surface area (Å²) in [6, 6.07) is 10.4. The Balaban J connectivity index is 1.65. The predicted octanol–water partition coefficient (Wildman–Crippen LogP) is 2.57. The lowest BCUT2D eigenvalue weighted by molar-refractivity contribution is 0.1000.